The minimum Gasteiger partial charge on any atom is -0.496 e. The van der Waals surface area contributed by atoms with E-state index in [2.05, 4.69) is 9.88 Å². The average molecular weight is 542 g/mol. The number of likely N-dealkylation sites (tertiary alicyclic amines) is 1. The molecule has 0 spiro atoms. The van der Waals surface area contributed by atoms with E-state index >= 15 is 0 Å². The van der Waals surface area contributed by atoms with Crippen LogP contribution in [-0.2, 0) is 4.74 Å². The zero-order chi connectivity index (χ0) is 26.9. The highest BCUT2D eigenvalue weighted by molar-refractivity contribution is 6.02. The fraction of sp³-hybridized carbons (Fsp3) is 0.517. The molecule has 2 aromatic heterocycles. The first kappa shape index (κ1) is 26.0. The lowest BCUT2D eigenvalue weighted by atomic mass is 9.97. The van der Waals surface area contributed by atoms with Gasteiger partial charge in [0.2, 0.25) is 0 Å². The van der Waals surface area contributed by atoms with E-state index in [0.29, 0.717) is 47.8 Å². The molecule has 2 aliphatic heterocycles. The molecule has 39 heavy (non-hydrogen) atoms. The molecule has 0 radical (unpaired) electrons. The number of benzene rings is 1. The number of nitrogens with zero attached hydrogens (tertiary/aromatic N) is 3. The summed E-state index contributed by atoms with van der Waals surface area (Å²) in [6, 6.07) is 7.42. The van der Waals surface area contributed by atoms with Gasteiger partial charge in [-0.05, 0) is 56.3 Å². The minimum absolute atomic E-state index is 0.0593. The molecule has 2 saturated heterocycles. The number of alkyl halides is 2. The van der Waals surface area contributed by atoms with Gasteiger partial charge in [-0.15, -0.1) is 0 Å². The van der Waals surface area contributed by atoms with Gasteiger partial charge in [0, 0.05) is 36.7 Å². The van der Waals surface area contributed by atoms with Crippen LogP contribution in [0.15, 0.2) is 36.7 Å². The van der Waals surface area contributed by atoms with Gasteiger partial charge >= 0.3 is 6.61 Å². The topological polar surface area (TPSA) is 74.5 Å². The van der Waals surface area contributed by atoms with E-state index in [1.165, 1.54) is 19.6 Å². The Morgan fingerprint density at radius 1 is 1.15 bits per heavy atom. The zero-order valence-electron chi connectivity index (χ0n) is 22.0. The van der Waals surface area contributed by atoms with Gasteiger partial charge in [-0.2, -0.15) is 8.78 Å². The summed E-state index contributed by atoms with van der Waals surface area (Å²) in [5, 5.41) is 0. The van der Waals surface area contributed by atoms with Crippen LogP contribution >= 0.6 is 0 Å². The Labute approximate surface area is 225 Å². The van der Waals surface area contributed by atoms with Crippen LogP contribution in [0, 0.1) is 11.8 Å². The normalized spacial score (nSPS) is 20.3. The lowest BCUT2D eigenvalue weighted by Gasteiger charge is -2.41. The van der Waals surface area contributed by atoms with Gasteiger partial charge in [0.1, 0.15) is 28.5 Å². The average Bonchev–Trinajstić information content (AvgIpc) is 3.60. The van der Waals surface area contributed by atoms with Crippen molar-refractivity contribution < 1.29 is 32.5 Å². The Bertz CT molecular complexity index is 1340. The molecule has 10 heteroatoms. The Morgan fingerprint density at radius 3 is 2.69 bits per heavy atom. The van der Waals surface area contributed by atoms with Gasteiger partial charge in [0.05, 0.1) is 44.9 Å². The van der Waals surface area contributed by atoms with E-state index in [1.807, 2.05) is 22.7 Å². The van der Waals surface area contributed by atoms with E-state index < -0.39 is 6.61 Å². The number of aromatic nitrogens is 2. The van der Waals surface area contributed by atoms with Crippen molar-refractivity contribution >= 4 is 11.4 Å². The SMILES string of the molecule is COc1cc(-c2cnc3cc(OC[C@H]4CCCN(C5COC5)C4)ccn23)cc(OC(F)F)c1C(=O)CC1CC1. The molecule has 1 saturated carbocycles. The second-order valence-corrected chi connectivity index (χ2v) is 10.7. The number of ketones is 1. The molecule has 0 unspecified atom stereocenters. The highest BCUT2D eigenvalue weighted by atomic mass is 19.3. The second-order valence-electron chi connectivity index (χ2n) is 10.7. The number of halogens is 2. The van der Waals surface area contributed by atoms with Crippen LogP contribution in [0.1, 0.15) is 42.5 Å². The third-order valence-corrected chi connectivity index (χ3v) is 7.91. The number of ether oxygens (including phenoxy) is 4. The van der Waals surface area contributed by atoms with Crippen molar-refractivity contribution in [3.8, 4) is 28.5 Å². The van der Waals surface area contributed by atoms with Crippen molar-refractivity contribution in [2.75, 3.05) is 40.0 Å². The lowest BCUT2D eigenvalue weighted by Crippen LogP contribution is -2.53. The highest BCUT2D eigenvalue weighted by Gasteiger charge is 2.31. The summed E-state index contributed by atoms with van der Waals surface area (Å²) >= 11 is 0. The van der Waals surface area contributed by atoms with Crippen molar-refractivity contribution in [1.82, 2.24) is 14.3 Å². The predicted octanol–water partition coefficient (Wildman–Crippen LogP) is 5.08. The number of carbonyl (C=O) groups is 1. The molecule has 208 valence electrons. The largest absolute Gasteiger partial charge is 0.496 e. The van der Waals surface area contributed by atoms with Crippen LogP contribution in [0.25, 0.3) is 16.9 Å². The second kappa shape index (κ2) is 11.1. The molecule has 1 aromatic carbocycles. The molecule has 3 aromatic rings. The molecule has 8 nitrogen and oxygen atoms in total. The molecular weight excluding hydrogens is 508 g/mol. The van der Waals surface area contributed by atoms with Crippen LogP contribution in [0.2, 0.25) is 0 Å². The van der Waals surface area contributed by atoms with E-state index in [-0.39, 0.29) is 22.8 Å². The number of hydrogen-bond donors (Lipinski definition) is 0. The van der Waals surface area contributed by atoms with E-state index in [1.54, 1.807) is 12.3 Å². The Morgan fingerprint density at radius 2 is 1.97 bits per heavy atom. The molecule has 0 amide bonds. The van der Waals surface area contributed by atoms with Crippen molar-refractivity contribution in [1.29, 1.82) is 0 Å². The fourth-order valence-electron chi connectivity index (χ4n) is 5.53. The smallest absolute Gasteiger partial charge is 0.387 e. The first-order valence-electron chi connectivity index (χ1n) is 13.6. The van der Waals surface area contributed by atoms with Crippen LogP contribution in [0.4, 0.5) is 8.78 Å². The molecular formula is C29H33F2N3O5. The van der Waals surface area contributed by atoms with Gasteiger partial charge < -0.3 is 18.9 Å². The third kappa shape index (κ3) is 5.72. The number of pyridine rings is 1. The number of Topliss-reactive ketones (excluding diaryl/α,β-unsaturated/α-hetero) is 1. The lowest BCUT2D eigenvalue weighted by molar-refractivity contribution is -0.0783. The Kier molecular flexibility index (Phi) is 7.40. The third-order valence-electron chi connectivity index (χ3n) is 7.91. The molecule has 0 N–H and O–H groups in total. The van der Waals surface area contributed by atoms with E-state index in [4.69, 9.17) is 18.9 Å². The highest BCUT2D eigenvalue weighted by Crippen LogP contribution is 2.40. The number of carbonyl (C=O) groups excluding carboxylic acids is 1. The van der Waals surface area contributed by atoms with Crippen LogP contribution in [0.3, 0.4) is 0 Å². The monoisotopic (exact) mass is 541 g/mol. The van der Waals surface area contributed by atoms with Crippen molar-refractivity contribution in [2.24, 2.45) is 11.8 Å². The number of rotatable bonds is 11. The van der Waals surface area contributed by atoms with Gasteiger partial charge in [0.25, 0.3) is 0 Å². The van der Waals surface area contributed by atoms with Crippen LogP contribution < -0.4 is 14.2 Å². The predicted molar refractivity (Wildman–Crippen MR) is 140 cm³/mol. The number of imidazole rings is 1. The summed E-state index contributed by atoms with van der Waals surface area (Å²) in [7, 11) is 1.42. The summed E-state index contributed by atoms with van der Waals surface area (Å²) in [5.41, 5.74) is 1.92. The number of methoxy groups -OCH3 is 1. The minimum atomic E-state index is -3.07. The van der Waals surface area contributed by atoms with E-state index in [0.717, 1.165) is 51.3 Å². The first-order chi connectivity index (χ1) is 19.0. The van der Waals surface area contributed by atoms with Crippen LogP contribution in [0.5, 0.6) is 17.2 Å². The van der Waals surface area contributed by atoms with Gasteiger partial charge in [-0.1, -0.05) is 0 Å². The molecule has 3 aliphatic rings. The first-order valence-corrected chi connectivity index (χ1v) is 13.6. The molecule has 4 heterocycles. The van der Waals surface area contributed by atoms with Gasteiger partial charge in [0.15, 0.2) is 5.78 Å². The summed E-state index contributed by atoms with van der Waals surface area (Å²) in [6.07, 6.45) is 8.05. The standard InChI is InChI=1S/C29H33F2N3O5/c1-36-25-10-20(11-26(39-29(30)31)28(25)24(35)9-18-4-5-18)23-13-32-27-12-22(6-8-34(23)27)38-15-19-3-2-7-33(14-19)21-16-37-17-21/h6,8,10-13,18-19,21,29H,2-5,7,9,14-17H2,1H3/t19-/m0/s1. The number of hydrogen-bond acceptors (Lipinski definition) is 7. The van der Waals surface area contributed by atoms with Crippen molar-refractivity contribution in [2.45, 2.75) is 44.8 Å². The Hall–Kier alpha value is -3.24. The zero-order valence-corrected chi connectivity index (χ0v) is 22.0. The van der Waals surface area contributed by atoms with Crippen molar-refractivity contribution in [3.05, 3.63) is 42.2 Å². The molecule has 0 bridgehead atoms. The molecule has 1 aliphatic carbocycles. The van der Waals surface area contributed by atoms with Gasteiger partial charge in [-0.25, -0.2) is 4.98 Å². The quantitative estimate of drug-likeness (QED) is 0.313. The van der Waals surface area contributed by atoms with Crippen molar-refractivity contribution in [3.63, 3.8) is 0 Å². The Balaban J connectivity index is 1.22. The maximum absolute atomic E-state index is 13.3. The number of piperidine rings is 1. The molecule has 6 rings (SSSR count). The van der Waals surface area contributed by atoms with E-state index in [9.17, 15) is 13.6 Å². The van der Waals surface area contributed by atoms with Gasteiger partial charge in [-0.3, -0.25) is 14.1 Å². The molecule has 1 atom stereocenters. The summed E-state index contributed by atoms with van der Waals surface area (Å²) < 4.78 is 50.3. The molecule has 3 fully saturated rings. The summed E-state index contributed by atoms with van der Waals surface area (Å²) in [4.78, 5) is 20.0. The fourth-order valence-corrected chi connectivity index (χ4v) is 5.53. The summed E-state index contributed by atoms with van der Waals surface area (Å²) in [5.74, 6) is 1.26. The maximum atomic E-state index is 13.3. The number of fused-ring (bicyclic) bond motifs is 1. The van der Waals surface area contributed by atoms with Crippen LogP contribution in [-0.4, -0.2) is 72.7 Å². The maximum Gasteiger partial charge on any atom is 0.387 e. The summed E-state index contributed by atoms with van der Waals surface area (Å²) in [6.45, 7) is 1.36.